The van der Waals surface area contributed by atoms with E-state index in [0.29, 0.717) is 0 Å². The van der Waals surface area contributed by atoms with Crippen LogP contribution in [-0.2, 0) is 26.2 Å². The second-order valence-electron chi connectivity index (χ2n) is 14.6. The van der Waals surface area contributed by atoms with Crippen molar-refractivity contribution in [3.05, 3.63) is 23.8 Å². The number of nitrogens with zero attached hydrogens (tertiary/aromatic N) is 8. The van der Waals surface area contributed by atoms with Crippen LogP contribution in [0.3, 0.4) is 0 Å². The molecule has 0 aliphatic rings. The van der Waals surface area contributed by atoms with Gasteiger partial charge in [0.1, 0.15) is 0 Å². The van der Waals surface area contributed by atoms with Crippen LogP contribution in [0.5, 0.6) is 0 Å². The molecule has 224 valence electrons. The van der Waals surface area contributed by atoms with Gasteiger partial charge in [-0.15, -0.1) is 10.2 Å². The van der Waals surface area contributed by atoms with Crippen molar-refractivity contribution < 1.29 is 0 Å². The Bertz CT molecular complexity index is 860. The van der Waals surface area contributed by atoms with Crippen molar-refractivity contribution in [3.8, 4) is 0 Å². The molecule has 0 saturated heterocycles. The zero-order chi connectivity index (χ0) is 29.5. The van der Waals surface area contributed by atoms with Crippen molar-refractivity contribution in [3.63, 3.8) is 0 Å². The Morgan fingerprint density at radius 3 is 1.23 bits per heavy atom. The SMILES string of the molecule is CC(C)(C)N(CCn1cc(CNCCCNCc2cn(CCN(C(C)(C)C)C(C)(C)C)nn2)nn1)C(C)(C)C. The van der Waals surface area contributed by atoms with E-state index in [1.54, 1.807) is 0 Å². The zero-order valence-electron chi connectivity index (χ0n) is 27.1. The summed E-state index contributed by atoms with van der Waals surface area (Å²) in [6.45, 7) is 34.1. The maximum absolute atomic E-state index is 4.34. The molecule has 2 aromatic heterocycles. The number of hydrogen-bond acceptors (Lipinski definition) is 8. The molecule has 0 fully saturated rings. The highest BCUT2D eigenvalue weighted by molar-refractivity contribution is 4.94. The van der Waals surface area contributed by atoms with Crippen molar-refractivity contribution in [1.29, 1.82) is 0 Å². The molecule has 10 heteroatoms. The van der Waals surface area contributed by atoms with E-state index in [4.69, 9.17) is 0 Å². The Labute approximate surface area is 238 Å². The topological polar surface area (TPSA) is 92.0 Å². The van der Waals surface area contributed by atoms with E-state index in [-0.39, 0.29) is 22.2 Å². The van der Waals surface area contributed by atoms with E-state index >= 15 is 0 Å². The van der Waals surface area contributed by atoms with Gasteiger partial charge in [-0.3, -0.25) is 19.2 Å². The van der Waals surface area contributed by atoms with Gasteiger partial charge in [0, 0.05) is 60.7 Å². The van der Waals surface area contributed by atoms with Crippen LogP contribution in [0.1, 0.15) is 101 Å². The highest BCUT2D eigenvalue weighted by Crippen LogP contribution is 2.25. The average Bonchev–Trinajstić information content (AvgIpc) is 3.39. The third kappa shape index (κ3) is 11.6. The highest BCUT2D eigenvalue weighted by Gasteiger charge is 2.32. The number of rotatable bonds is 14. The Hall–Kier alpha value is -1.88. The van der Waals surface area contributed by atoms with E-state index < -0.39 is 0 Å². The smallest absolute Gasteiger partial charge is 0.0964 e. The predicted molar refractivity (Wildman–Crippen MR) is 160 cm³/mol. The molecule has 2 heterocycles. The summed E-state index contributed by atoms with van der Waals surface area (Å²) < 4.78 is 3.92. The summed E-state index contributed by atoms with van der Waals surface area (Å²) in [6, 6.07) is 0. The van der Waals surface area contributed by atoms with Crippen LogP contribution >= 0.6 is 0 Å². The fourth-order valence-electron chi connectivity index (χ4n) is 5.59. The number of hydrogen-bond donors (Lipinski definition) is 2. The summed E-state index contributed by atoms with van der Waals surface area (Å²) >= 11 is 0. The molecule has 2 N–H and O–H groups in total. The molecule has 0 radical (unpaired) electrons. The monoisotopic (exact) mass is 546 g/mol. The van der Waals surface area contributed by atoms with E-state index in [1.165, 1.54) is 0 Å². The molecular weight excluding hydrogens is 488 g/mol. The van der Waals surface area contributed by atoms with Crippen molar-refractivity contribution >= 4 is 0 Å². The van der Waals surface area contributed by atoms with Crippen molar-refractivity contribution in [1.82, 2.24) is 50.4 Å². The second kappa shape index (κ2) is 13.7. The summed E-state index contributed by atoms with van der Waals surface area (Å²) in [4.78, 5) is 5.03. The lowest BCUT2D eigenvalue weighted by Gasteiger charge is -2.45. The summed E-state index contributed by atoms with van der Waals surface area (Å²) in [6.07, 6.45) is 5.14. The van der Waals surface area contributed by atoms with Crippen molar-refractivity contribution in [2.45, 2.75) is 138 Å². The first-order valence-corrected chi connectivity index (χ1v) is 14.6. The van der Waals surface area contributed by atoms with E-state index in [0.717, 1.165) is 70.2 Å². The Morgan fingerprint density at radius 1 is 0.590 bits per heavy atom. The lowest BCUT2D eigenvalue weighted by Crippen LogP contribution is -2.53. The van der Waals surface area contributed by atoms with Gasteiger partial charge in [-0.2, -0.15) is 0 Å². The van der Waals surface area contributed by atoms with Crippen molar-refractivity contribution in [2.24, 2.45) is 0 Å². The van der Waals surface area contributed by atoms with E-state index in [1.807, 2.05) is 9.36 Å². The maximum atomic E-state index is 4.34. The first kappa shape index (κ1) is 33.3. The van der Waals surface area contributed by atoms with Crippen molar-refractivity contribution in [2.75, 3.05) is 26.2 Å². The predicted octanol–water partition coefficient (Wildman–Crippen LogP) is 3.94. The Morgan fingerprint density at radius 2 is 0.923 bits per heavy atom. The molecule has 0 spiro atoms. The Kier molecular flexibility index (Phi) is 11.7. The summed E-state index contributed by atoms with van der Waals surface area (Å²) in [5, 5.41) is 24.3. The molecule has 2 aromatic rings. The van der Waals surface area contributed by atoms with Crippen LogP contribution in [0, 0.1) is 0 Å². The van der Waals surface area contributed by atoms with Gasteiger partial charge in [-0.1, -0.05) is 10.4 Å². The summed E-state index contributed by atoms with van der Waals surface area (Å²) in [5.41, 5.74) is 2.38. The lowest BCUT2D eigenvalue weighted by atomic mass is 9.96. The molecular formula is C29H58N10. The highest BCUT2D eigenvalue weighted by atomic mass is 15.4. The first-order chi connectivity index (χ1) is 17.9. The molecule has 39 heavy (non-hydrogen) atoms. The number of nitrogens with one attached hydrogen (secondary N) is 2. The fraction of sp³-hybridized carbons (Fsp3) is 0.862. The molecule has 0 aromatic carbocycles. The minimum Gasteiger partial charge on any atom is -0.311 e. The van der Waals surface area contributed by atoms with Crippen LogP contribution in [-0.4, -0.2) is 88.1 Å². The molecule has 0 saturated carbocycles. The Balaban J connectivity index is 1.64. The van der Waals surface area contributed by atoms with Gasteiger partial charge in [0.05, 0.1) is 24.5 Å². The molecule has 0 bridgehead atoms. The molecule has 10 nitrogen and oxygen atoms in total. The minimum atomic E-state index is 0.105. The molecule has 0 aliphatic carbocycles. The molecule has 0 amide bonds. The van der Waals surface area contributed by atoms with Gasteiger partial charge in [0.15, 0.2) is 0 Å². The molecule has 0 aliphatic heterocycles. The lowest BCUT2D eigenvalue weighted by molar-refractivity contribution is 0.0335. The van der Waals surface area contributed by atoms with Gasteiger partial charge >= 0.3 is 0 Å². The molecule has 2 rings (SSSR count). The normalized spacial score (nSPS) is 13.7. The molecule has 0 atom stereocenters. The zero-order valence-corrected chi connectivity index (χ0v) is 27.1. The standard InChI is InChI=1S/C29H58N10/c1-26(2,3)38(27(4,5)6)18-16-36-22-24(32-34-36)20-30-14-13-15-31-21-25-23-37(35-33-25)17-19-39(28(7,8)9)29(10,11)12/h22-23,30-31H,13-21H2,1-12H3. The average molecular weight is 547 g/mol. The van der Waals surface area contributed by atoms with Gasteiger partial charge in [-0.25, -0.2) is 0 Å². The van der Waals surface area contributed by atoms with Gasteiger partial charge in [-0.05, 0) is 103 Å². The minimum absolute atomic E-state index is 0.105. The third-order valence-corrected chi connectivity index (χ3v) is 6.84. The van der Waals surface area contributed by atoms with E-state index in [2.05, 4.69) is 137 Å². The van der Waals surface area contributed by atoms with E-state index in [9.17, 15) is 0 Å². The maximum Gasteiger partial charge on any atom is 0.0964 e. The third-order valence-electron chi connectivity index (χ3n) is 6.84. The van der Waals surface area contributed by atoms with Crippen LogP contribution < -0.4 is 10.6 Å². The quantitative estimate of drug-likeness (QED) is 0.344. The number of aromatic nitrogens is 6. The summed E-state index contributed by atoms with van der Waals surface area (Å²) in [7, 11) is 0. The van der Waals surface area contributed by atoms with Gasteiger partial charge in [0.25, 0.3) is 0 Å². The van der Waals surface area contributed by atoms with Crippen LogP contribution in [0.2, 0.25) is 0 Å². The van der Waals surface area contributed by atoms with Crippen LogP contribution in [0.4, 0.5) is 0 Å². The van der Waals surface area contributed by atoms with Gasteiger partial charge < -0.3 is 10.6 Å². The van der Waals surface area contributed by atoms with Gasteiger partial charge in [0.2, 0.25) is 0 Å². The largest absolute Gasteiger partial charge is 0.311 e. The fourth-order valence-corrected chi connectivity index (χ4v) is 5.59. The van der Waals surface area contributed by atoms with Crippen LogP contribution in [0.25, 0.3) is 0 Å². The second-order valence-corrected chi connectivity index (χ2v) is 14.6. The first-order valence-electron chi connectivity index (χ1n) is 14.6. The van der Waals surface area contributed by atoms with Crippen LogP contribution in [0.15, 0.2) is 12.4 Å². The molecule has 0 unspecified atom stereocenters. The summed E-state index contributed by atoms with van der Waals surface area (Å²) in [5.74, 6) is 0.